The molecule has 1 atom stereocenters. The fourth-order valence-electron chi connectivity index (χ4n) is 2.35. The van der Waals surface area contributed by atoms with Crippen LogP contribution in [0.3, 0.4) is 0 Å². The van der Waals surface area contributed by atoms with Gasteiger partial charge in [0.05, 0.1) is 4.47 Å². The first-order chi connectivity index (χ1) is 8.18. The molecule has 1 unspecified atom stereocenters. The number of nitrogens with one attached hydrogen (secondary N) is 1. The summed E-state index contributed by atoms with van der Waals surface area (Å²) in [6, 6.07) is 2.73. The molecule has 1 aliphatic heterocycles. The Morgan fingerprint density at radius 2 is 2.24 bits per heavy atom. The van der Waals surface area contributed by atoms with Gasteiger partial charge >= 0.3 is 0 Å². The molecular weight excluding hydrogens is 278 g/mol. The molecule has 2 heterocycles. The summed E-state index contributed by atoms with van der Waals surface area (Å²) in [4.78, 5) is 6.86. The van der Waals surface area contributed by atoms with Gasteiger partial charge in [-0.1, -0.05) is 0 Å². The van der Waals surface area contributed by atoms with Gasteiger partial charge in [0.2, 0.25) is 0 Å². The first-order valence-corrected chi connectivity index (χ1v) is 7.03. The first kappa shape index (κ1) is 12.8. The smallest absolute Gasteiger partial charge is 0.142 e. The summed E-state index contributed by atoms with van der Waals surface area (Å²) in [5, 5.41) is 3.45. The van der Waals surface area contributed by atoms with E-state index in [-0.39, 0.29) is 0 Å². The molecule has 1 aliphatic rings. The van der Waals surface area contributed by atoms with E-state index >= 15 is 0 Å². The van der Waals surface area contributed by atoms with Gasteiger partial charge in [0.25, 0.3) is 0 Å². The molecule has 0 aliphatic carbocycles. The third-order valence-corrected chi connectivity index (χ3v) is 3.97. The number of halogens is 1. The quantitative estimate of drug-likeness (QED) is 0.910. The van der Waals surface area contributed by atoms with Crippen molar-refractivity contribution in [1.29, 1.82) is 0 Å². The Bertz CT molecular complexity index is 373. The zero-order valence-corrected chi connectivity index (χ0v) is 12.1. The highest BCUT2D eigenvalue weighted by atomic mass is 79.9. The zero-order chi connectivity index (χ0) is 12.3. The van der Waals surface area contributed by atoms with E-state index < -0.39 is 0 Å². The number of anilines is 1. The van der Waals surface area contributed by atoms with E-state index in [2.05, 4.69) is 51.2 Å². The van der Waals surface area contributed by atoms with E-state index in [1.165, 1.54) is 24.8 Å². The molecule has 2 rings (SSSR count). The Morgan fingerprint density at radius 3 is 3.00 bits per heavy atom. The highest BCUT2D eigenvalue weighted by Gasteiger charge is 2.19. The van der Waals surface area contributed by atoms with Crippen molar-refractivity contribution in [3.05, 3.63) is 22.3 Å². The zero-order valence-electron chi connectivity index (χ0n) is 10.5. The van der Waals surface area contributed by atoms with Gasteiger partial charge in [-0.25, -0.2) is 4.98 Å². The van der Waals surface area contributed by atoms with Crippen LogP contribution in [0.4, 0.5) is 5.82 Å². The molecule has 3 nitrogen and oxygen atoms in total. The standard InChI is InChI=1S/C13H20BrN3/c1-10-8-12(14)13(16-9-10)17(2)11-4-3-6-15-7-5-11/h8-9,11,15H,3-7H2,1-2H3. The maximum absolute atomic E-state index is 4.54. The van der Waals surface area contributed by atoms with Gasteiger partial charge in [-0.2, -0.15) is 0 Å². The molecule has 1 saturated heterocycles. The second kappa shape index (κ2) is 5.83. The molecule has 4 heteroatoms. The fourth-order valence-corrected chi connectivity index (χ4v) is 3.09. The topological polar surface area (TPSA) is 28.2 Å². The summed E-state index contributed by atoms with van der Waals surface area (Å²) in [5.74, 6) is 1.06. The van der Waals surface area contributed by atoms with Gasteiger partial charge < -0.3 is 10.2 Å². The predicted octanol–water partition coefficient (Wildman–Crippen LogP) is 2.73. The summed E-state index contributed by atoms with van der Waals surface area (Å²) < 4.78 is 1.09. The van der Waals surface area contributed by atoms with Gasteiger partial charge in [-0.3, -0.25) is 0 Å². The number of nitrogens with zero attached hydrogens (tertiary/aromatic N) is 2. The predicted molar refractivity (Wildman–Crippen MR) is 75.6 cm³/mol. The minimum Gasteiger partial charge on any atom is -0.356 e. The van der Waals surface area contributed by atoms with E-state index in [1.54, 1.807) is 0 Å². The highest BCUT2D eigenvalue weighted by Crippen LogP contribution is 2.27. The molecule has 1 aromatic heterocycles. The number of rotatable bonds is 2. The molecular formula is C13H20BrN3. The average molecular weight is 298 g/mol. The van der Waals surface area contributed by atoms with Crippen molar-refractivity contribution >= 4 is 21.7 Å². The van der Waals surface area contributed by atoms with Gasteiger partial charge in [0, 0.05) is 19.3 Å². The number of aryl methyl sites for hydroxylation is 1. The molecule has 1 aromatic rings. The second-order valence-electron chi connectivity index (χ2n) is 4.76. The Hall–Kier alpha value is -0.610. The van der Waals surface area contributed by atoms with Crippen LogP contribution >= 0.6 is 15.9 Å². The third-order valence-electron chi connectivity index (χ3n) is 3.39. The van der Waals surface area contributed by atoms with E-state index in [1.807, 2.05) is 6.20 Å². The van der Waals surface area contributed by atoms with Crippen LogP contribution in [-0.2, 0) is 0 Å². The van der Waals surface area contributed by atoms with Gasteiger partial charge in [0.15, 0.2) is 0 Å². The maximum Gasteiger partial charge on any atom is 0.142 e. The van der Waals surface area contributed by atoms with Crippen LogP contribution in [0.2, 0.25) is 0 Å². The lowest BCUT2D eigenvalue weighted by atomic mass is 10.1. The lowest BCUT2D eigenvalue weighted by Gasteiger charge is -2.28. The van der Waals surface area contributed by atoms with E-state index in [0.29, 0.717) is 6.04 Å². The Morgan fingerprint density at radius 1 is 1.41 bits per heavy atom. The third kappa shape index (κ3) is 3.19. The minimum absolute atomic E-state index is 0.594. The maximum atomic E-state index is 4.54. The first-order valence-electron chi connectivity index (χ1n) is 6.24. The number of hydrogen-bond acceptors (Lipinski definition) is 3. The number of pyridine rings is 1. The van der Waals surface area contributed by atoms with E-state index in [0.717, 1.165) is 23.4 Å². The fraction of sp³-hybridized carbons (Fsp3) is 0.615. The molecule has 1 fully saturated rings. The summed E-state index contributed by atoms with van der Waals surface area (Å²) in [7, 11) is 2.15. The van der Waals surface area contributed by atoms with Gasteiger partial charge in [-0.05, 0) is 66.8 Å². The van der Waals surface area contributed by atoms with Crippen LogP contribution in [0.5, 0.6) is 0 Å². The van der Waals surface area contributed by atoms with Crippen molar-refractivity contribution in [1.82, 2.24) is 10.3 Å². The van der Waals surface area contributed by atoms with E-state index in [9.17, 15) is 0 Å². The van der Waals surface area contributed by atoms with Crippen LogP contribution in [0.25, 0.3) is 0 Å². The van der Waals surface area contributed by atoms with Crippen molar-refractivity contribution in [2.24, 2.45) is 0 Å². The van der Waals surface area contributed by atoms with Crippen LogP contribution in [-0.4, -0.2) is 31.2 Å². The van der Waals surface area contributed by atoms with Gasteiger partial charge in [0.1, 0.15) is 5.82 Å². The molecule has 94 valence electrons. The Kier molecular flexibility index (Phi) is 4.40. The van der Waals surface area contributed by atoms with Crippen molar-refractivity contribution in [3.8, 4) is 0 Å². The molecule has 0 radical (unpaired) electrons. The summed E-state index contributed by atoms with van der Waals surface area (Å²) in [6.07, 6.45) is 5.62. The monoisotopic (exact) mass is 297 g/mol. The molecule has 0 aromatic carbocycles. The minimum atomic E-state index is 0.594. The van der Waals surface area contributed by atoms with E-state index in [4.69, 9.17) is 0 Å². The van der Waals surface area contributed by atoms with Crippen molar-refractivity contribution in [2.45, 2.75) is 32.2 Å². The molecule has 0 amide bonds. The lowest BCUT2D eigenvalue weighted by molar-refractivity contribution is 0.562. The summed E-state index contributed by atoms with van der Waals surface area (Å²) >= 11 is 3.61. The normalized spacial score (nSPS) is 21.0. The van der Waals surface area contributed by atoms with Crippen LogP contribution in [0.15, 0.2) is 16.7 Å². The molecule has 17 heavy (non-hydrogen) atoms. The summed E-state index contributed by atoms with van der Waals surface area (Å²) in [5.41, 5.74) is 1.19. The van der Waals surface area contributed by atoms with Crippen LogP contribution in [0, 0.1) is 6.92 Å². The highest BCUT2D eigenvalue weighted by molar-refractivity contribution is 9.10. The average Bonchev–Trinajstić information content (AvgIpc) is 2.56. The van der Waals surface area contributed by atoms with Gasteiger partial charge in [-0.15, -0.1) is 0 Å². The Labute approximate surface area is 112 Å². The van der Waals surface area contributed by atoms with Crippen molar-refractivity contribution in [2.75, 3.05) is 25.0 Å². The van der Waals surface area contributed by atoms with Crippen molar-refractivity contribution in [3.63, 3.8) is 0 Å². The lowest BCUT2D eigenvalue weighted by Crippen LogP contribution is -2.33. The molecule has 0 spiro atoms. The largest absolute Gasteiger partial charge is 0.356 e. The molecule has 1 N–H and O–H groups in total. The van der Waals surface area contributed by atoms with Crippen molar-refractivity contribution < 1.29 is 0 Å². The molecule has 0 bridgehead atoms. The number of aromatic nitrogens is 1. The number of hydrogen-bond donors (Lipinski definition) is 1. The second-order valence-corrected chi connectivity index (χ2v) is 5.62. The Balaban J connectivity index is 2.14. The van der Waals surface area contributed by atoms with Crippen LogP contribution < -0.4 is 10.2 Å². The SMILES string of the molecule is Cc1cnc(N(C)C2CCCNCC2)c(Br)c1. The van der Waals surface area contributed by atoms with Crippen LogP contribution in [0.1, 0.15) is 24.8 Å². The molecule has 0 saturated carbocycles. The summed E-state index contributed by atoms with van der Waals surface area (Å²) in [6.45, 7) is 4.32.